The second kappa shape index (κ2) is 8.22. The molecule has 0 fully saturated rings. The van der Waals surface area contributed by atoms with Gasteiger partial charge < -0.3 is 14.5 Å². The Balaban J connectivity index is 1.34. The Labute approximate surface area is 168 Å². The third-order valence-corrected chi connectivity index (χ3v) is 5.93. The smallest absolute Gasteiger partial charge is 0.222 e. The van der Waals surface area contributed by atoms with Gasteiger partial charge in [0, 0.05) is 56.2 Å². The third kappa shape index (κ3) is 3.99. The van der Waals surface area contributed by atoms with Gasteiger partial charge >= 0.3 is 0 Å². The number of carbonyl (C=O) groups excluding carboxylic acids is 1. The SMILES string of the molecule is CCc1nccn1CCC(=O)NC1CCc2nnc(-c3csc(C)n3)n2CC1. The lowest BCUT2D eigenvalue weighted by molar-refractivity contribution is -0.122. The highest BCUT2D eigenvalue weighted by Crippen LogP contribution is 2.24. The van der Waals surface area contributed by atoms with Gasteiger partial charge in [-0.3, -0.25) is 4.79 Å². The van der Waals surface area contributed by atoms with Crippen LogP contribution in [0.5, 0.6) is 0 Å². The summed E-state index contributed by atoms with van der Waals surface area (Å²) >= 11 is 1.62. The maximum Gasteiger partial charge on any atom is 0.222 e. The number of fused-ring (bicyclic) bond motifs is 1. The highest BCUT2D eigenvalue weighted by molar-refractivity contribution is 7.09. The molecule has 1 atom stereocenters. The Morgan fingerprint density at radius 2 is 2.25 bits per heavy atom. The molecule has 1 amide bonds. The molecule has 0 spiro atoms. The summed E-state index contributed by atoms with van der Waals surface area (Å²) in [4.78, 5) is 21.3. The van der Waals surface area contributed by atoms with Crippen LogP contribution in [0.4, 0.5) is 0 Å². The standard InChI is InChI=1S/C19H25N7OS/c1-3-16-20-8-11-25(16)9-7-18(27)22-14-4-5-17-23-24-19(26(17)10-6-14)15-12-28-13(2)21-15/h8,11-12,14H,3-7,9-10H2,1-2H3,(H,22,27). The van der Waals surface area contributed by atoms with E-state index in [1.807, 2.05) is 18.5 Å². The molecular formula is C19H25N7OS. The Bertz CT molecular complexity index is 957. The first-order valence-corrected chi connectivity index (χ1v) is 10.7. The fourth-order valence-corrected chi connectivity index (χ4v) is 4.26. The molecule has 8 nitrogen and oxygen atoms in total. The van der Waals surface area contributed by atoms with Gasteiger partial charge in [-0.25, -0.2) is 9.97 Å². The van der Waals surface area contributed by atoms with Gasteiger partial charge in [0.15, 0.2) is 5.82 Å². The largest absolute Gasteiger partial charge is 0.353 e. The fourth-order valence-electron chi connectivity index (χ4n) is 3.67. The summed E-state index contributed by atoms with van der Waals surface area (Å²) in [6.07, 6.45) is 7.63. The molecule has 1 unspecified atom stereocenters. The van der Waals surface area contributed by atoms with Crippen molar-refractivity contribution < 1.29 is 4.79 Å². The molecule has 1 aliphatic heterocycles. The van der Waals surface area contributed by atoms with Crippen LogP contribution >= 0.6 is 11.3 Å². The lowest BCUT2D eigenvalue weighted by atomic mass is 10.1. The topological polar surface area (TPSA) is 90.5 Å². The Morgan fingerprint density at radius 3 is 3.04 bits per heavy atom. The monoisotopic (exact) mass is 399 g/mol. The molecule has 0 saturated heterocycles. The van der Waals surface area contributed by atoms with Crippen molar-refractivity contribution >= 4 is 17.2 Å². The molecule has 148 valence electrons. The summed E-state index contributed by atoms with van der Waals surface area (Å²) < 4.78 is 4.20. The van der Waals surface area contributed by atoms with E-state index in [0.29, 0.717) is 13.0 Å². The van der Waals surface area contributed by atoms with Gasteiger partial charge in [0.1, 0.15) is 17.3 Å². The molecule has 28 heavy (non-hydrogen) atoms. The van der Waals surface area contributed by atoms with E-state index in [4.69, 9.17) is 0 Å². The van der Waals surface area contributed by atoms with Crippen LogP contribution in [-0.2, 0) is 30.7 Å². The van der Waals surface area contributed by atoms with Crippen molar-refractivity contribution in [3.8, 4) is 11.5 Å². The first-order valence-electron chi connectivity index (χ1n) is 9.78. The summed E-state index contributed by atoms with van der Waals surface area (Å²) in [6.45, 7) is 5.53. The summed E-state index contributed by atoms with van der Waals surface area (Å²) in [5.74, 6) is 2.92. The van der Waals surface area contributed by atoms with Crippen LogP contribution in [0.15, 0.2) is 17.8 Å². The van der Waals surface area contributed by atoms with Crippen molar-refractivity contribution in [2.24, 2.45) is 0 Å². The van der Waals surface area contributed by atoms with E-state index >= 15 is 0 Å². The van der Waals surface area contributed by atoms with E-state index in [9.17, 15) is 4.79 Å². The number of rotatable bonds is 6. The molecule has 0 radical (unpaired) electrons. The number of nitrogens with one attached hydrogen (secondary N) is 1. The molecule has 9 heteroatoms. The Hall–Kier alpha value is -2.55. The lowest BCUT2D eigenvalue weighted by Crippen LogP contribution is -2.35. The quantitative estimate of drug-likeness (QED) is 0.687. The maximum absolute atomic E-state index is 12.4. The predicted molar refractivity (Wildman–Crippen MR) is 107 cm³/mol. The normalized spacial score (nSPS) is 16.6. The van der Waals surface area contributed by atoms with Gasteiger partial charge in [0.25, 0.3) is 0 Å². The predicted octanol–water partition coefficient (Wildman–Crippen LogP) is 2.38. The number of aromatic nitrogens is 6. The number of hydrogen-bond donors (Lipinski definition) is 1. The van der Waals surface area contributed by atoms with Gasteiger partial charge in [-0.05, 0) is 19.8 Å². The van der Waals surface area contributed by atoms with Crippen molar-refractivity contribution in [3.05, 3.63) is 34.4 Å². The Kier molecular flexibility index (Phi) is 5.52. The van der Waals surface area contributed by atoms with Crippen molar-refractivity contribution in [1.82, 2.24) is 34.6 Å². The van der Waals surface area contributed by atoms with E-state index in [2.05, 4.69) is 41.5 Å². The first-order chi connectivity index (χ1) is 13.6. The fraction of sp³-hybridized carbons (Fsp3) is 0.526. The van der Waals surface area contributed by atoms with Gasteiger partial charge in [-0.2, -0.15) is 0 Å². The molecular weight excluding hydrogens is 374 g/mol. The van der Waals surface area contributed by atoms with E-state index in [-0.39, 0.29) is 11.9 Å². The molecule has 4 heterocycles. The second-order valence-electron chi connectivity index (χ2n) is 7.08. The van der Waals surface area contributed by atoms with Crippen molar-refractivity contribution in [3.63, 3.8) is 0 Å². The average Bonchev–Trinajstić information content (AvgIpc) is 3.39. The molecule has 3 aromatic heterocycles. The van der Waals surface area contributed by atoms with Crippen molar-refractivity contribution in [2.75, 3.05) is 0 Å². The van der Waals surface area contributed by atoms with Crippen LogP contribution in [0.2, 0.25) is 0 Å². The molecule has 4 rings (SSSR count). The summed E-state index contributed by atoms with van der Waals surface area (Å²) in [5, 5.41) is 15.0. The zero-order chi connectivity index (χ0) is 19.5. The van der Waals surface area contributed by atoms with E-state index in [1.165, 1.54) is 0 Å². The van der Waals surface area contributed by atoms with Crippen LogP contribution in [0.25, 0.3) is 11.5 Å². The molecule has 3 aromatic rings. The molecule has 0 saturated carbocycles. The number of carbonyl (C=O) groups is 1. The number of aryl methyl sites for hydroxylation is 4. The molecule has 1 N–H and O–H groups in total. The highest BCUT2D eigenvalue weighted by atomic mass is 32.1. The lowest BCUT2D eigenvalue weighted by Gasteiger charge is -2.16. The number of amides is 1. The molecule has 1 aliphatic rings. The second-order valence-corrected chi connectivity index (χ2v) is 8.14. The number of nitrogens with zero attached hydrogens (tertiary/aromatic N) is 6. The number of thiazole rings is 1. The van der Waals surface area contributed by atoms with Crippen LogP contribution in [0.1, 0.15) is 42.8 Å². The van der Waals surface area contributed by atoms with Crippen molar-refractivity contribution in [2.45, 2.75) is 65.1 Å². The zero-order valence-electron chi connectivity index (χ0n) is 16.3. The third-order valence-electron chi connectivity index (χ3n) is 5.16. The maximum atomic E-state index is 12.4. The van der Waals surface area contributed by atoms with Crippen LogP contribution in [0, 0.1) is 6.92 Å². The van der Waals surface area contributed by atoms with Crippen LogP contribution in [0.3, 0.4) is 0 Å². The van der Waals surface area contributed by atoms with Crippen LogP contribution < -0.4 is 5.32 Å². The molecule has 0 aromatic carbocycles. The minimum absolute atomic E-state index is 0.0915. The summed E-state index contributed by atoms with van der Waals surface area (Å²) in [6, 6.07) is 0.160. The van der Waals surface area contributed by atoms with Gasteiger partial charge in [-0.1, -0.05) is 6.92 Å². The van der Waals surface area contributed by atoms with Gasteiger partial charge in [-0.15, -0.1) is 21.5 Å². The minimum atomic E-state index is 0.0915. The number of hydrogen-bond acceptors (Lipinski definition) is 6. The Morgan fingerprint density at radius 1 is 1.36 bits per heavy atom. The molecule has 0 bridgehead atoms. The highest BCUT2D eigenvalue weighted by Gasteiger charge is 2.23. The van der Waals surface area contributed by atoms with E-state index in [1.54, 1.807) is 17.5 Å². The number of imidazole rings is 1. The summed E-state index contributed by atoms with van der Waals surface area (Å²) in [5.41, 5.74) is 0.885. The van der Waals surface area contributed by atoms with Crippen molar-refractivity contribution in [1.29, 1.82) is 0 Å². The van der Waals surface area contributed by atoms with Crippen LogP contribution in [-0.4, -0.2) is 41.2 Å². The van der Waals surface area contributed by atoms with Gasteiger partial charge in [0.05, 0.1) is 5.01 Å². The minimum Gasteiger partial charge on any atom is -0.353 e. The average molecular weight is 400 g/mol. The van der Waals surface area contributed by atoms with Gasteiger partial charge in [0.2, 0.25) is 5.91 Å². The van der Waals surface area contributed by atoms with E-state index in [0.717, 1.165) is 60.4 Å². The zero-order valence-corrected chi connectivity index (χ0v) is 17.1. The molecule has 0 aliphatic carbocycles. The summed E-state index contributed by atoms with van der Waals surface area (Å²) in [7, 11) is 0. The van der Waals surface area contributed by atoms with E-state index < -0.39 is 0 Å². The first kappa shape index (κ1) is 18.8.